The highest BCUT2D eigenvalue weighted by atomic mass is 19.1. The minimum atomic E-state index is -0.227. The van der Waals surface area contributed by atoms with Crippen molar-refractivity contribution in [2.45, 2.75) is 57.0 Å². The molecule has 3 heterocycles. The molecule has 2 saturated heterocycles. The third-order valence-electron chi connectivity index (χ3n) is 6.28. The lowest BCUT2D eigenvalue weighted by molar-refractivity contribution is 0.0623. The van der Waals surface area contributed by atoms with E-state index >= 15 is 0 Å². The number of carbonyl (C=O) groups excluding carboxylic acids is 1. The lowest BCUT2D eigenvalue weighted by atomic mass is 9.86. The van der Waals surface area contributed by atoms with Crippen molar-refractivity contribution >= 4 is 5.91 Å². The van der Waals surface area contributed by atoms with Crippen LogP contribution in [0.25, 0.3) is 0 Å². The van der Waals surface area contributed by atoms with Crippen LogP contribution in [0, 0.1) is 5.82 Å². The molecule has 0 bridgehead atoms. The van der Waals surface area contributed by atoms with E-state index in [0.29, 0.717) is 12.2 Å². The molecule has 0 unspecified atom stereocenters. The Hall–Kier alpha value is -2.21. The number of benzene rings is 1. The number of fused-ring (bicyclic) bond motifs is 1. The van der Waals surface area contributed by atoms with Crippen LogP contribution in [0.1, 0.15) is 61.3 Å². The fraction of sp³-hybridized carbons (Fsp3) is 0.545. The van der Waals surface area contributed by atoms with E-state index < -0.39 is 0 Å². The lowest BCUT2D eigenvalue weighted by Gasteiger charge is -2.39. The molecule has 2 aromatic rings. The molecule has 3 atom stereocenters. The van der Waals surface area contributed by atoms with Gasteiger partial charge in [0.25, 0.3) is 5.91 Å². The quantitative estimate of drug-likeness (QED) is 0.862. The molecule has 28 heavy (non-hydrogen) atoms. The summed E-state index contributed by atoms with van der Waals surface area (Å²) in [5.41, 5.74) is 2.46. The summed E-state index contributed by atoms with van der Waals surface area (Å²) in [6.45, 7) is 7.96. The first-order valence-corrected chi connectivity index (χ1v) is 10.1. The number of aromatic nitrogens is 2. The van der Waals surface area contributed by atoms with Gasteiger partial charge < -0.3 is 9.80 Å². The third kappa shape index (κ3) is 3.34. The predicted octanol–water partition coefficient (Wildman–Crippen LogP) is 3.55. The Kier molecular flexibility index (Phi) is 4.78. The summed E-state index contributed by atoms with van der Waals surface area (Å²) >= 11 is 0. The predicted molar refractivity (Wildman–Crippen MR) is 107 cm³/mol. The number of likely N-dealkylation sites (tertiary alicyclic amines) is 2. The molecule has 1 amide bonds. The van der Waals surface area contributed by atoms with Gasteiger partial charge in [0.15, 0.2) is 0 Å². The smallest absolute Gasteiger partial charge is 0.274 e. The van der Waals surface area contributed by atoms with Gasteiger partial charge in [-0.3, -0.25) is 9.89 Å². The fourth-order valence-electron chi connectivity index (χ4n) is 4.74. The van der Waals surface area contributed by atoms with Crippen molar-refractivity contribution in [1.29, 1.82) is 0 Å². The second kappa shape index (κ2) is 6.99. The number of amides is 1. The third-order valence-corrected chi connectivity index (χ3v) is 6.28. The molecule has 4 rings (SSSR count). The van der Waals surface area contributed by atoms with E-state index in [9.17, 15) is 9.18 Å². The van der Waals surface area contributed by atoms with Crippen molar-refractivity contribution in [3.05, 3.63) is 53.1 Å². The van der Waals surface area contributed by atoms with Gasteiger partial charge in [0.1, 0.15) is 11.5 Å². The van der Waals surface area contributed by atoms with E-state index in [2.05, 4.69) is 42.9 Å². The van der Waals surface area contributed by atoms with Crippen molar-refractivity contribution in [1.82, 2.24) is 20.0 Å². The molecular weight excluding hydrogens is 355 g/mol. The Morgan fingerprint density at radius 1 is 1.25 bits per heavy atom. The van der Waals surface area contributed by atoms with Gasteiger partial charge in [-0.2, -0.15) is 5.10 Å². The highest BCUT2D eigenvalue weighted by Crippen LogP contribution is 2.40. The van der Waals surface area contributed by atoms with Crippen LogP contribution in [-0.4, -0.2) is 58.1 Å². The van der Waals surface area contributed by atoms with Crippen molar-refractivity contribution in [3.63, 3.8) is 0 Å². The number of likely N-dealkylation sites (N-methyl/N-ethyl adjacent to an activating group) is 1. The molecule has 6 heteroatoms. The molecule has 0 spiro atoms. The zero-order valence-electron chi connectivity index (χ0n) is 17.1. The summed E-state index contributed by atoms with van der Waals surface area (Å²) in [6.07, 6.45) is 2.07. The summed E-state index contributed by atoms with van der Waals surface area (Å²) < 4.78 is 13.4. The van der Waals surface area contributed by atoms with Gasteiger partial charge >= 0.3 is 0 Å². The summed E-state index contributed by atoms with van der Waals surface area (Å²) in [7, 11) is 2.13. The second-order valence-electron chi connectivity index (χ2n) is 9.21. The van der Waals surface area contributed by atoms with Gasteiger partial charge in [0.05, 0.1) is 0 Å². The van der Waals surface area contributed by atoms with Gasteiger partial charge in [0, 0.05) is 35.7 Å². The van der Waals surface area contributed by atoms with E-state index in [4.69, 9.17) is 0 Å². The molecule has 1 N–H and O–H groups in total. The van der Waals surface area contributed by atoms with Crippen molar-refractivity contribution < 1.29 is 9.18 Å². The van der Waals surface area contributed by atoms with Gasteiger partial charge in [-0.25, -0.2) is 4.39 Å². The normalized spacial score (nSPS) is 25.8. The SMILES string of the molecule is CN1CCC[C@@H]2[C@H]1[C@@H](c1ccc(F)cc1)CN2C(=O)c1cc(C(C)(C)C)[nH]n1. The number of nitrogens with one attached hydrogen (secondary N) is 1. The second-order valence-corrected chi connectivity index (χ2v) is 9.21. The van der Waals surface area contributed by atoms with E-state index in [1.807, 2.05) is 23.1 Å². The van der Waals surface area contributed by atoms with Crippen LogP contribution < -0.4 is 0 Å². The number of aromatic amines is 1. The molecule has 0 saturated carbocycles. The van der Waals surface area contributed by atoms with Gasteiger partial charge in [0.2, 0.25) is 0 Å². The zero-order valence-corrected chi connectivity index (χ0v) is 17.1. The maximum absolute atomic E-state index is 13.4. The number of rotatable bonds is 2. The van der Waals surface area contributed by atoms with Gasteiger partial charge in [-0.05, 0) is 50.2 Å². The number of nitrogens with zero attached hydrogens (tertiary/aromatic N) is 3. The van der Waals surface area contributed by atoms with Crippen molar-refractivity contribution in [2.24, 2.45) is 0 Å². The maximum atomic E-state index is 13.4. The molecule has 0 radical (unpaired) electrons. The molecule has 150 valence electrons. The lowest BCUT2D eigenvalue weighted by Crippen LogP contribution is -2.50. The molecule has 5 nitrogen and oxygen atoms in total. The molecule has 1 aromatic carbocycles. The number of hydrogen-bond acceptors (Lipinski definition) is 3. The van der Waals surface area contributed by atoms with Crippen molar-refractivity contribution in [3.8, 4) is 0 Å². The fourth-order valence-corrected chi connectivity index (χ4v) is 4.74. The highest BCUT2D eigenvalue weighted by molar-refractivity contribution is 5.93. The first-order valence-electron chi connectivity index (χ1n) is 10.1. The van der Waals surface area contributed by atoms with Crippen LogP contribution in [0.15, 0.2) is 30.3 Å². The van der Waals surface area contributed by atoms with Crippen LogP contribution in [0.5, 0.6) is 0 Å². The average molecular weight is 384 g/mol. The van der Waals surface area contributed by atoms with Crippen LogP contribution in [0.4, 0.5) is 4.39 Å². The Labute approximate surface area is 165 Å². The maximum Gasteiger partial charge on any atom is 0.274 e. The summed E-state index contributed by atoms with van der Waals surface area (Å²) in [4.78, 5) is 17.7. The van der Waals surface area contributed by atoms with Crippen LogP contribution in [-0.2, 0) is 5.41 Å². The Morgan fingerprint density at radius 3 is 2.61 bits per heavy atom. The van der Waals surface area contributed by atoms with E-state index in [-0.39, 0.29) is 35.1 Å². The Bertz CT molecular complexity index is 854. The largest absolute Gasteiger partial charge is 0.332 e. The average Bonchev–Trinajstić information content (AvgIpc) is 3.28. The monoisotopic (exact) mass is 384 g/mol. The first kappa shape index (κ1) is 19.1. The number of hydrogen-bond donors (Lipinski definition) is 1. The number of H-pyrrole nitrogens is 1. The standard InChI is InChI=1S/C22H29FN4O/c1-22(2,3)19-12-17(24-25-19)21(28)27-13-16(14-7-9-15(23)10-8-14)20-18(27)6-5-11-26(20)4/h7-10,12,16,18,20H,5-6,11,13H2,1-4H3,(H,24,25)/t16-,18-,20-/m1/s1. The molecule has 1 aromatic heterocycles. The summed E-state index contributed by atoms with van der Waals surface area (Å²) in [5.74, 6) is -0.0583. The van der Waals surface area contributed by atoms with Crippen LogP contribution in [0.3, 0.4) is 0 Å². The Morgan fingerprint density at radius 2 is 1.96 bits per heavy atom. The van der Waals surface area contributed by atoms with Gasteiger partial charge in [-0.1, -0.05) is 32.9 Å². The summed E-state index contributed by atoms with van der Waals surface area (Å²) in [6, 6.07) is 9.05. The van der Waals surface area contributed by atoms with Crippen LogP contribution >= 0.6 is 0 Å². The first-order chi connectivity index (χ1) is 13.3. The number of piperidine rings is 1. The Balaban J connectivity index is 1.64. The minimum Gasteiger partial charge on any atom is -0.332 e. The highest BCUT2D eigenvalue weighted by Gasteiger charge is 2.48. The molecular formula is C22H29FN4O. The number of halogens is 1. The van der Waals surface area contributed by atoms with Gasteiger partial charge in [-0.15, -0.1) is 0 Å². The van der Waals surface area contributed by atoms with E-state index in [1.54, 1.807) is 0 Å². The molecule has 0 aliphatic carbocycles. The van der Waals surface area contributed by atoms with E-state index in [1.165, 1.54) is 12.1 Å². The molecule has 2 aliphatic rings. The molecule has 2 fully saturated rings. The minimum absolute atomic E-state index is 0.0124. The topological polar surface area (TPSA) is 52.2 Å². The number of carbonyl (C=O) groups is 1. The van der Waals surface area contributed by atoms with Crippen LogP contribution in [0.2, 0.25) is 0 Å². The van der Waals surface area contributed by atoms with E-state index in [0.717, 1.165) is 30.6 Å². The summed E-state index contributed by atoms with van der Waals surface area (Å²) in [5, 5.41) is 7.34. The zero-order chi connectivity index (χ0) is 20.1. The molecule has 2 aliphatic heterocycles. The van der Waals surface area contributed by atoms with Crippen molar-refractivity contribution in [2.75, 3.05) is 20.1 Å².